The van der Waals surface area contributed by atoms with Gasteiger partial charge in [-0.25, -0.2) is 0 Å². The molecule has 64 valence electrons. The van der Waals surface area contributed by atoms with Crippen molar-refractivity contribution in [2.75, 3.05) is 6.54 Å². The molecule has 3 heteroatoms. The van der Waals surface area contributed by atoms with Gasteiger partial charge in [-0.2, -0.15) is 0 Å². The fraction of sp³-hybridized carbons (Fsp3) is 0.222. The smallest absolute Gasteiger partial charge is 0.134 e. The van der Waals surface area contributed by atoms with Gasteiger partial charge >= 0.3 is 0 Å². The number of hydrogen-bond acceptors (Lipinski definition) is 3. The Balaban J connectivity index is 2.63. The van der Waals surface area contributed by atoms with Crippen LogP contribution in [-0.2, 0) is 0 Å². The Morgan fingerprint density at radius 2 is 2.33 bits per heavy atom. The van der Waals surface area contributed by atoms with Crippen molar-refractivity contribution < 1.29 is 5.11 Å². The highest BCUT2D eigenvalue weighted by atomic mass is 16.3. The van der Waals surface area contributed by atoms with Gasteiger partial charge < -0.3 is 10.8 Å². The second-order valence-corrected chi connectivity index (χ2v) is 2.46. The first-order valence-corrected chi connectivity index (χ1v) is 3.83. The molecule has 0 bridgehead atoms. The van der Waals surface area contributed by atoms with Crippen LogP contribution in [0.3, 0.4) is 0 Å². The Morgan fingerprint density at radius 3 is 3.00 bits per heavy atom. The summed E-state index contributed by atoms with van der Waals surface area (Å²) in [5.41, 5.74) is 6.20. The summed E-state index contributed by atoms with van der Waals surface area (Å²) in [7, 11) is 0. The Labute approximate surface area is 71.6 Å². The predicted molar refractivity (Wildman–Crippen MR) is 48.6 cm³/mol. The number of hydrogen-bond donors (Lipinski definition) is 2. The molecule has 0 amide bonds. The molecule has 3 N–H and O–H groups in total. The van der Waals surface area contributed by atoms with E-state index in [4.69, 9.17) is 10.8 Å². The number of pyridine rings is 1. The van der Waals surface area contributed by atoms with Crippen LogP contribution in [0.15, 0.2) is 24.5 Å². The second kappa shape index (κ2) is 4.51. The zero-order chi connectivity index (χ0) is 8.81. The molecule has 1 rings (SSSR count). The molecule has 1 aromatic heterocycles. The summed E-state index contributed by atoms with van der Waals surface area (Å²) in [5.74, 6) is 0.185. The Kier molecular flexibility index (Phi) is 3.29. The number of rotatable bonds is 3. The Bertz CT molecular complexity index is 271. The van der Waals surface area contributed by atoms with E-state index in [0.717, 1.165) is 12.0 Å². The highest BCUT2D eigenvalue weighted by molar-refractivity contribution is 5.49. The van der Waals surface area contributed by atoms with E-state index in [-0.39, 0.29) is 5.75 Å². The fourth-order valence-corrected chi connectivity index (χ4v) is 0.852. The lowest BCUT2D eigenvalue weighted by atomic mass is 10.2. The molecule has 0 radical (unpaired) electrons. The minimum absolute atomic E-state index is 0.185. The maximum atomic E-state index is 9.05. The maximum absolute atomic E-state index is 9.05. The van der Waals surface area contributed by atoms with Crippen LogP contribution in [0.25, 0.3) is 6.08 Å². The molecule has 3 nitrogen and oxygen atoms in total. The van der Waals surface area contributed by atoms with Crippen molar-refractivity contribution in [1.29, 1.82) is 0 Å². The quantitative estimate of drug-likeness (QED) is 0.704. The van der Waals surface area contributed by atoms with Gasteiger partial charge in [0.2, 0.25) is 0 Å². The molecule has 0 aliphatic carbocycles. The summed E-state index contributed by atoms with van der Waals surface area (Å²) in [6.45, 7) is 0.642. The van der Waals surface area contributed by atoms with E-state index in [2.05, 4.69) is 4.98 Å². The summed E-state index contributed by atoms with van der Waals surface area (Å²) in [4.78, 5) is 3.83. The lowest BCUT2D eigenvalue weighted by molar-refractivity contribution is 0.472. The lowest BCUT2D eigenvalue weighted by Crippen LogP contribution is -1.94. The zero-order valence-corrected chi connectivity index (χ0v) is 6.77. The van der Waals surface area contributed by atoms with E-state index < -0.39 is 0 Å². The van der Waals surface area contributed by atoms with Crippen LogP contribution in [0, 0.1) is 0 Å². The van der Waals surface area contributed by atoms with Crippen LogP contribution in [0.4, 0.5) is 0 Å². The average molecular weight is 164 g/mol. The molecule has 0 atom stereocenters. The standard InChI is InChI=1S/C9H12N2O/c10-4-2-1-3-8-5-9(12)7-11-6-8/h1,3,5-7,12H,2,4,10H2. The highest BCUT2D eigenvalue weighted by Gasteiger charge is 1.88. The molecule has 0 saturated carbocycles. The van der Waals surface area contributed by atoms with Gasteiger partial charge in [-0.3, -0.25) is 4.98 Å². The van der Waals surface area contributed by atoms with Gasteiger partial charge in [0.25, 0.3) is 0 Å². The van der Waals surface area contributed by atoms with Gasteiger partial charge in [-0.05, 0) is 24.6 Å². The van der Waals surface area contributed by atoms with Crippen molar-refractivity contribution in [3.8, 4) is 5.75 Å². The van der Waals surface area contributed by atoms with E-state index in [1.807, 2.05) is 12.2 Å². The first-order chi connectivity index (χ1) is 5.83. The first kappa shape index (κ1) is 8.74. The Hall–Kier alpha value is -1.35. The molecule has 0 spiro atoms. The fourth-order valence-electron chi connectivity index (χ4n) is 0.852. The van der Waals surface area contributed by atoms with Gasteiger partial charge in [-0.15, -0.1) is 0 Å². The molecule has 12 heavy (non-hydrogen) atoms. The van der Waals surface area contributed by atoms with Crippen molar-refractivity contribution in [2.24, 2.45) is 5.73 Å². The largest absolute Gasteiger partial charge is 0.506 e. The van der Waals surface area contributed by atoms with Crippen molar-refractivity contribution in [3.63, 3.8) is 0 Å². The minimum Gasteiger partial charge on any atom is -0.506 e. The van der Waals surface area contributed by atoms with E-state index in [0.29, 0.717) is 6.54 Å². The summed E-state index contributed by atoms with van der Waals surface area (Å²) in [6, 6.07) is 1.65. The third kappa shape index (κ3) is 2.72. The minimum atomic E-state index is 0.185. The van der Waals surface area contributed by atoms with Crippen LogP contribution in [0.5, 0.6) is 5.75 Å². The Morgan fingerprint density at radius 1 is 1.50 bits per heavy atom. The summed E-state index contributed by atoms with van der Waals surface area (Å²) in [6.07, 6.45) is 7.78. The van der Waals surface area contributed by atoms with Gasteiger partial charge in [0.05, 0.1) is 6.20 Å². The number of nitrogens with two attached hydrogens (primary N) is 1. The number of aromatic nitrogens is 1. The van der Waals surface area contributed by atoms with Crippen LogP contribution < -0.4 is 5.73 Å². The topological polar surface area (TPSA) is 59.1 Å². The van der Waals surface area contributed by atoms with E-state index >= 15 is 0 Å². The first-order valence-electron chi connectivity index (χ1n) is 3.83. The third-order valence-electron chi connectivity index (χ3n) is 1.39. The van der Waals surface area contributed by atoms with Gasteiger partial charge in [0.15, 0.2) is 0 Å². The van der Waals surface area contributed by atoms with E-state index in [1.54, 1.807) is 12.3 Å². The molecular weight excluding hydrogens is 152 g/mol. The number of nitrogens with zero attached hydrogens (tertiary/aromatic N) is 1. The molecule has 0 unspecified atom stereocenters. The third-order valence-corrected chi connectivity index (χ3v) is 1.39. The molecule has 0 aliphatic rings. The molecule has 0 fully saturated rings. The monoisotopic (exact) mass is 164 g/mol. The molecule has 0 aromatic carbocycles. The molecule has 0 aliphatic heterocycles. The van der Waals surface area contributed by atoms with Crippen LogP contribution >= 0.6 is 0 Å². The van der Waals surface area contributed by atoms with Crippen LogP contribution in [-0.4, -0.2) is 16.6 Å². The molecule has 1 aromatic rings. The van der Waals surface area contributed by atoms with Crippen molar-refractivity contribution >= 4 is 6.08 Å². The van der Waals surface area contributed by atoms with Crippen molar-refractivity contribution in [2.45, 2.75) is 6.42 Å². The lowest BCUT2D eigenvalue weighted by Gasteiger charge is -1.93. The predicted octanol–water partition coefficient (Wildman–Crippen LogP) is 1.15. The molecular formula is C9H12N2O. The SMILES string of the molecule is NCCC=Cc1cncc(O)c1. The highest BCUT2D eigenvalue weighted by Crippen LogP contribution is 2.09. The summed E-state index contributed by atoms with van der Waals surface area (Å²) in [5, 5.41) is 9.05. The maximum Gasteiger partial charge on any atom is 0.134 e. The van der Waals surface area contributed by atoms with Crippen molar-refractivity contribution in [1.82, 2.24) is 4.98 Å². The summed E-state index contributed by atoms with van der Waals surface area (Å²) < 4.78 is 0. The summed E-state index contributed by atoms with van der Waals surface area (Å²) >= 11 is 0. The normalized spacial score (nSPS) is 10.8. The molecule has 1 heterocycles. The van der Waals surface area contributed by atoms with E-state index in [9.17, 15) is 0 Å². The zero-order valence-electron chi connectivity index (χ0n) is 6.77. The van der Waals surface area contributed by atoms with Gasteiger partial charge in [0.1, 0.15) is 5.75 Å². The van der Waals surface area contributed by atoms with Gasteiger partial charge in [0, 0.05) is 6.20 Å². The van der Waals surface area contributed by atoms with E-state index in [1.165, 1.54) is 6.20 Å². The number of aromatic hydroxyl groups is 1. The van der Waals surface area contributed by atoms with Gasteiger partial charge in [-0.1, -0.05) is 12.2 Å². The second-order valence-electron chi connectivity index (χ2n) is 2.46. The van der Waals surface area contributed by atoms with Crippen LogP contribution in [0.2, 0.25) is 0 Å². The van der Waals surface area contributed by atoms with Crippen LogP contribution in [0.1, 0.15) is 12.0 Å². The van der Waals surface area contributed by atoms with Crippen molar-refractivity contribution in [3.05, 3.63) is 30.1 Å². The molecule has 0 saturated heterocycles. The average Bonchev–Trinajstić information content (AvgIpc) is 2.05.